The highest BCUT2D eigenvalue weighted by molar-refractivity contribution is 7.90. The van der Waals surface area contributed by atoms with Gasteiger partial charge in [0.25, 0.3) is 22.2 Å². The SMILES string of the molecule is [2H]C(NS(=O)(=O)c1ccc(OCCC)c(-c2nc3c(C([2H])([2H])C([2H])([2H])C)nn(C)c3c(=O)[nH]2)c1)C([2H])([2H])C1CCCN1C([2H])([2H])[2H].[2H]C(NS(=O)(=O)c1ccc(OCCC)c(-c2nc3c(CC([2H])([2H])C)nn(C)c3c(=O)[nH]2)c1)C([2H])([2H])C1CCCN1C([2H])([2H])[2H].[2H]C([2H])(C)Cc1nn(C)c2c(=O)[nH]c(-c3cc(S(=O)(=O)NC([2H])([2H])C([2H])([2H])C4CCCN4C([2H])([2H])[2H])ccc3OCCC)nc12.[2H]C([2H])(CNS(=O)(=O)c1ccc(OCCC)c(-c2nc3c(C([2H])([2H])C([2H])([2H])C)nn(C)c3c(=O)[nH]2)c1)C1CCCN1C([2H])([2H])[2H]. The van der Waals surface area contributed by atoms with Crippen LogP contribution in [-0.4, -0.2) is 263 Å². The third kappa shape index (κ3) is 26.5. The number of benzene rings is 4. The van der Waals surface area contributed by atoms with Crippen molar-refractivity contribution in [2.24, 2.45) is 28.2 Å². The Morgan fingerprint density at radius 3 is 0.917 bits per heavy atom. The Labute approximate surface area is 893 Å². The third-order valence-electron chi connectivity index (χ3n) is 23.0. The fraction of sp³-hybridized carbons (Fsp3) is 0.560. The van der Waals surface area contributed by atoms with Crippen molar-refractivity contribution in [2.75, 3.05) is 107 Å². The van der Waals surface area contributed by atoms with Crippen molar-refractivity contribution in [3.63, 3.8) is 0 Å². The van der Waals surface area contributed by atoms with Gasteiger partial charge in [0.05, 0.1) is 91.0 Å². The maximum absolute atomic E-state index is 13.6. The van der Waals surface area contributed by atoms with E-state index in [0.717, 1.165) is 67.1 Å². The van der Waals surface area contributed by atoms with E-state index in [1.807, 2.05) is 37.1 Å². The van der Waals surface area contributed by atoms with Crippen molar-refractivity contribution in [3.05, 3.63) is 137 Å². The normalized spacial score (nSPS) is 22.3. The number of hydrogen-bond donors (Lipinski definition) is 8. The molecular weight excluding hydrogens is 1920 g/mol. The Hall–Kier alpha value is -11.0. The van der Waals surface area contributed by atoms with E-state index >= 15 is 0 Å². The predicted molar refractivity (Wildman–Crippen MR) is 559 cm³/mol. The van der Waals surface area contributed by atoms with Crippen LogP contribution >= 0.6 is 0 Å². The van der Waals surface area contributed by atoms with Gasteiger partial charge in [-0.05, 0) is 255 Å². The van der Waals surface area contributed by atoms with Crippen molar-refractivity contribution in [2.45, 2.75) is 253 Å². The van der Waals surface area contributed by atoms with Gasteiger partial charge >= 0.3 is 0 Å². The number of nitrogens with zero attached hydrogens (tertiary/aromatic N) is 16. The molecule has 0 bridgehead atoms. The summed E-state index contributed by atoms with van der Waals surface area (Å²) >= 11 is 0. The lowest BCUT2D eigenvalue weighted by molar-refractivity contribution is 0.297. The minimum Gasteiger partial charge on any atom is -0.493 e. The number of rotatable bonds is 44. The molecule has 144 heavy (non-hydrogen) atoms. The second-order valence-electron chi connectivity index (χ2n) is 33.5. The lowest BCUT2D eigenvalue weighted by atomic mass is 10.1. The number of H-pyrrole nitrogens is 4. The number of fused-ring (bicyclic) bond motifs is 4. The summed E-state index contributed by atoms with van der Waals surface area (Å²) in [7, 11) is -12.6. The Morgan fingerprint density at radius 1 is 0.361 bits per heavy atom. The van der Waals surface area contributed by atoms with Gasteiger partial charge in [0, 0.05) is 128 Å². The van der Waals surface area contributed by atoms with E-state index in [9.17, 15) is 52.8 Å². The topological polar surface area (TPSA) is 489 Å². The molecule has 4 aliphatic rings. The smallest absolute Gasteiger partial charge is 0.277 e. The zero-order valence-corrected chi connectivity index (χ0v) is 84.7. The lowest BCUT2D eigenvalue weighted by Crippen LogP contribution is -2.31. The van der Waals surface area contributed by atoms with E-state index in [1.165, 1.54) is 99.9 Å². The van der Waals surface area contributed by atoms with Gasteiger partial charge in [-0.3, -0.25) is 37.9 Å². The van der Waals surface area contributed by atoms with Gasteiger partial charge in [0.2, 0.25) is 40.1 Å². The summed E-state index contributed by atoms with van der Waals surface area (Å²) in [5.74, 6) is -0.0142. The van der Waals surface area contributed by atoms with Crippen LogP contribution in [0.15, 0.2) is 112 Å². The number of aromatic nitrogens is 16. The van der Waals surface area contributed by atoms with Crippen LogP contribution in [0.2, 0.25) is 0 Å². The first-order chi connectivity index (χ1) is 82.5. The van der Waals surface area contributed by atoms with Gasteiger partial charge in [0.1, 0.15) is 68.4 Å². The quantitative estimate of drug-likeness (QED) is 0.0176. The molecule has 12 aromatic rings. The number of hydrogen-bond acceptors (Lipinski definition) is 28. The van der Waals surface area contributed by atoms with Gasteiger partial charge in [-0.1, -0.05) is 80.9 Å². The number of sulfonamides is 4. The molecule has 44 heteroatoms. The average Bonchev–Trinajstić information content (AvgIpc) is 1.59. The molecule has 4 aromatic carbocycles. The Balaban J connectivity index is 0.000000195. The number of nitrogens with one attached hydrogen (secondary N) is 8. The molecule has 0 amide bonds. The highest BCUT2D eigenvalue weighted by atomic mass is 32.2. The zero-order chi connectivity index (χ0) is 135. The van der Waals surface area contributed by atoms with Gasteiger partial charge in [-0.2, -0.15) is 20.4 Å². The molecule has 4 fully saturated rings. The molecule has 0 radical (unpaired) electrons. The van der Waals surface area contributed by atoms with E-state index in [-0.39, 0.29) is 225 Å². The molecule has 0 aliphatic carbocycles. The average molecular weight is 2100 g/mol. The maximum atomic E-state index is 13.6. The van der Waals surface area contributed by atoms with Crippen molar-refractivity contribution in [1.82, 2.24) is 117 Å². The fourth-order valence-electron chi connectivity index (χ4n) is 16.0. The molecule has 8 aromatic heterocycles. The van der Waals surface area contributed by atoms with E-state index in [2.05, 4.69) is 65.0 Å². The summed E-state index contributed by atoms with van der Waals surface area (Å²) in [6.07, 6.45) is -19.7. The van der Waals surface area contributed by atoms with E-state index in [4.69, 9.17) is 68.3 Å². The first-order valence-corrected chi connectivity index (χ1v) is 52.4. The predicted octanol–water partition coefficient (Wildman–Crippen LogP) is 11.3. The van der Waals surface area contributed by atoms with Crippen LogP contribution in [0.5, 0.6) is 23.0 Å². The first-order valence-electron chi connectivity index (χ1n) is 64.6. The monoisotopic (exact) mass is 2100 g/mol. The van der Waals surface area contributed by atoms with Crippen LogP contribution in [0.25, 0.3) is 89.7 Å². The molecule has 784 valence electrons. The lowest BCUT2D eigenvalue weighted by Gasteiger charge is -2.19. The summed E-state index contributed by atoms with van der Waals surface area (Å²) in [5, 5.41) is 16.6. The van der Waals surface area contributed by atoms with E-state index in [1.54, 1.807) is 4.72 Å². The fourth-order valence-corrected chi connectivity index (χ4v) is 19.6. The summed E-state index contributed by atoms with van der Waals surface area (Å²) in [6, 6.07) is 9.66. The number of aryl methyl sites for hydroxylation is 8. The van der Waals surface area contributed by atoms with Gasteiger partial charge in [-0.25, -0.2) is 72.5 Å². The molecule has 0 saturated carbocycles. The Bertz CT molecular complexity index is 8950. The molecular formula is C100H144N24O16S4. The van der Waals surface area contributed by atoms with Crippen molar-refractivity contribution in [3.8, 4) is 68.5 Å². The Morgan fingerprint density at radius 2 is 0.632 bits per heavy atom. The van der Waals surface area contributed by atoms with Crippen LogP contribution in [0.1, 0.15) is 256 Å². The molecule has 4 saturated heterocycles. The largest absolute Gasteiger partial charge is 0.493 e. The minimum absolute atomic E-state index is 0.00308. The number of likely N-dealkylation sites (tertiary alicyclic amines) is 4. The zero-order valence-electron chi connectivity index (χ0n) is 117. The number of aromatic amines is 4. The molecule has 16 rings (SSSR count). The molecule has 40 nitrogen and oxygen atoms in total. The Kier molecular flexibility index (Phi) is 24.5. The molecule has 4 aliphatic heterocycles. The van der Waals surface area contributed by atoms with Crippen LogP contribution in [0.4, 0.5) is 0 Å². The van der Waals surface area contributed by atoms with Crippen LogP contribution < -0.4 is 60.1 Å². The van der Waals surface area contributed by atoms with E-state index < -0.39 is 225 Å². The second-order valence-corrected chi connectivity index (χ2v) is 40.4. The highest BCUT2D eigenvalue weighted by Crippen LogP contribution is 2.38. The summed E-state index contributed by atoms with van der Waals surface area (Å²) < 4.78 is 436. The van der Waals surface area contributed by atoms with Crippen molar-refractivity contribution < 1.29 is 102 Å². The van der Waals surface area contributed by atoms with E-state index in [0.29, 0.717) is 51.4 Å². The second kappa shape index (κ2) is 49.9. The molecule has 6 atom stereocenters. The number of ether oxygens (including phenoxy) is 4. The van der Waals surface area contributed by atoms with Crippen molar-refractivity contribution >= 4 is 84.2 Å². The van der Waals surface area contributed by atoms with Gasteiger partial charge < -0.3 is 58.5 Å². The molecule has 8 N–H and O–H groups in total. The molecule has 6 unspecified atom stereocenters. The van der Waals surface area contributed by atoms with Gasteiger partial charge in [0.15, 0.2) is 22.1 Å². The maximum Gasteiger partial charge on any atom is 0.277 e. The highest BCUT2D eigenvalue weighted by Gasteiger charge is 2.32. The first kappa shape index (κ1) is 70.7. The van der Waals surface area contributed by atoms with Crippen LogP contribution in [0, 0.1) is 0 Å². The standard InChI is InChI=1S/4C25H36N6O4S/c4*1-5-8-20-22-23(31(4)29-20)25(32)28-24(27-22)19-16-18(10-11-21(19)35-15-6-2)36(33,34)26-13-12-17-9-7-14-30(17)3/h4*10-11,16-17,26H,5-9,12-15H2,1-4H3,(H,27,28,32)/i3D3,5D2,8D2,12D2,13D;3D3,5D2,12D2,13D2;3D3,5D2,12D2,13D;3D3,5D2,8D2,12D2. The molecule has 0 spiro atoms. The third-order valence-corrected chi connectivity index (χ3v) is 28.3. The summed E-state index contributed by atoms with van der Waals surface area (Å²) in [4.78, 5) is 83.1. The van der Waals surface area contributed by atoms with Gasteiger partial charge in [-0.15, -0.1) is 0 Å². The molecule has 12 heterocycles. The van der Waals surface area contributed by atoms with Crippen molar-refractivity contribution in [1.29, 1.82) is 0 Å². The summed E-state index contributed by atoms with van der Waals surface area (Å²) in [6.45, 7) is -5.13. The van der Waals surface area contributed by atoms with Crippen LogP contribution in [-0.2, 0) is 93.9 Å². The minimum atomic E-state index is -4.80. The van der Waals surface area contributed by atoms with Crippen LogP contribution in [0.3, 0.4) is 0 Å². The summed E-state index contributed by atoms with van der Waals surface area (Å²) in [5.41, 5.74) is -3.36.